The molecule has 6 heteroatoms. The fraction of sp³-hybridized carbons (Fsp3) is 0.158. The van der Waals surface area contributed by atoms with Crippen molar-refractivity contribution in [1.82, 2.24) is 9.97 Å². The highest BCUT2D eigenvalue weighted by Crippen LogP contribution is 2.27. The Kier molecular flexibility index (Phi) is 5.31. The molecule has 0 fully saturated rings. The fourth-order valence-corrected chi connectivity index (χ4v) is 2.33. The standard InChI is InChI=1S/C19H20N4O2/c1-3-25-15-10-8-14(9-11-15)22-18-12-19(21-13-20-18)23-16-6-4-5-7-17(16)24-2/h4-13H,3H2,1-2H3,(H2,20,21,22,23). The summed E-state index contributed by atoms with van der Waals surface area (Å²) in [6.07, 6.45) is 1.51. The van der Waals surface area contributed by atoms with Crippen molar-refractivity contribution in [3.05, 3.63) is 60.9 Å². The van der Waals surface area contributed by atoms with E-state index < -0.39 is 0 Å². The second-order valence-electron chi connectivity index (χ2n) is 5.20. The van der Waals surface area contributed by atoms with Crippen LogP contribution in [0.2, 0.25) is 0 Å². The van der Waals surface area contributed by atoms with Gasteiger partial charge in [-0.05, 0) is 43.3 Å². The molecule has 0 aliphatic carbocycles. The van der Waals surface area contributed by atoms with E-state index in [9.17, 15) is 0 Å². The van der Waals surface area contributed by atoms with Crippen LogP contribution in [0, 0.1) is 0 Å². The van der Waals surface area contributed by atoms with Gasteiger partial charge in [0.2, 0.25) is 0 Å². The lowest BCUT2D eigenvalue weighted by Gasteiger charge is -2.11. The molecule has 1 heterocycles. The smallest absolute Gasteiger partial charge is 0.142 e. The first-order valence-corrected chi connectivity index (χ1v) is 8.00. The quantitative estimate of drug-likeness (QED) is 0.668. The summed E-state index contributed by atoms with van der Waals surface area (Å²) in [7, 11) is 1.64. The number of anilines is 4. The summed E-state index contributed by atoms with van der Waals surface area (Å²) in [5.74, 6) is 2.96. The van der Waals surface area contributed by atoms with Crippen molar-refractivity contribution in [2.75, 3.05) is 24.4 Å². The highest BCUT2D eigenvalue weighted by atomic mass is 16.5. The largest absolute Gasteiger partial charge is 0.495 e. The van der Waals surface area contributed by atoms with Crippen molar-refractivity contribution in [3.63, 3.8) is 0 Å². The van der Waals surface area contributed by atoms with E-state index in [0.717, 1.165) is 22.9 Å². The number of ether oxygens (including phenoxy) is 2. The molecule has 0 aliphatic heterocycles. The average Bonchev–Trinajstić information content (AvgIpc) is 2.64. The van der Waals surface area contributed by atoms with E-state index in [4.69, 9.17) is 9.47 Å². The maximum absolute atomic E-state index is 5.44. The number of hydrogen-bond acceptors (Lipinski definition) is 6. The number of para-hydroxylation sites is 2. The number of rotatable bonds is 7. The van der Waals surface area contributed by atoms with Crippen LogP contribution in [0.15, 0.2) is 60.9 Å². The molecule has 2 aromatic carbocycles. The average molecular weight is 336 g/mol. The Morgan fingerprint density at radius 3 is 2.36 bits per heavy atom. The first-order valence-electron chi connectivity index (χ1n) is 8.00. The first-order chi connectivity index (χ1) is 12.3. The van der Waals surface area contributed by atoms with Crippen molar-refractivity contribution >= 4 is 23.0 Å². The molecule has 25 heavy (non-hydrogen) atoms. The minimum Gasteiger partial charge on any atom is -0.495 e. The van der Waals surface area contributed by atoms with Gasteiger partial charge in [-0.2, -0.15) is 0 Å². The summed E-state index contributed by atoms with van der Waals surface area (Å²) in [6, 6.07) is 17.2. The monoisotopic (exact) mass is 336 g/mol. The molecule has 3 aromatic rings. The minimum absolute atomic E-state index is 0.649. The number of methoxy groups -OCH3 is 1. The van der Waals surface area contributed by atoms with Crippen molar-refractivity contribution in [2.24, 2.45) is 0 Å². The second kappa shape index (κ2) is 8.01. The van der Waals surface area contributed by atoms with Gasteiger partial charge in [-0.1, -0.05) is 12.1 Å². The zero-order valence-corrected chi connectivity index (χ0v) is 14.2. The Morgan fingerprint density at radius 1 is 0.920 bits per heavy atom. The van der Waals surface area contributed by atoms with Gasteiger partial charge in [-0.3, -0.25) is 0 Å². The second-order valence-corrected chi connectivity index (χ2v) is 5.20. The molecule has 0 saturated heterocycles. The zero-order valence-electron chi connectivity index (χ0n) is 14.2. The Labute approximate surface area is 146 Å². The molecular formula is C19H20N4O2. The third-order valence-corrected chi connectivity index (χ3v) is 3.47. The van der Waals surface area contributed by atoms with Crippen LogP contribution in [-0.4, -0.2) is 23.7 Å². The van der Waals surface area contributed by atoms with Crippen LogP contribution in [0.1, 0.15) is 6.92 Å². The van der Waals surface area contributed by atoms with Gasteiger partial charge in [0.15, 0.2) is 0 Å². The van der Waals surface area contributed by atoms with Crippen LogP contribution in [0.25, 0.3) is 0 Å². The highest BCUT2D eigenvalue weighted by molar-refractivity contribution is 5.67. The van der Waals surface area contributed by atoms with E-state index in [1.165, 1.54) is 6.33 Å². The van der Waals surface area contributed by atoms with E-state index in [0.29, 0.717) is 18.2 Å². The van der Waals surface area contributed by atoms with Crippen molar-refractivity contribution < 1.29 is 9.47 Å². The maximum atomic E-state index is 5.44. The number of hydrogen-bond donors (Lipinski definition) is 2. The Balaban J connectivity index is 1.73. The summed E-state index contributed by atoms with van der Waals surface area (Å²) >= 11 is 0. The first kappa shape index (κ1) is 16.6. The van der Waals surface area contributed by atoms with Gasteiger partial charge < -0.3 is 20.1 Å². The summed E-state index contributed by atoms with van der Waals surface area (Å²) < 4.78 is 10.8. The lowest BCUT2D eigenvalue weighted by Crippen LogP contribution is -2.00. The Morgan fingerprint density at radius 2 is 1.64 bits per heavy atom. The Hall–Kier alpha value is -3.28. The van der Waals surface area contributed by atoms with Crippen molar-refractivity contribution in [3.8, 4) is 11.5 Å². The highest BCUT2D eigenvalue weighted by Gasteiger charge is 2.04. The summed E-state index contributed by atoms with van der Waals surface area (Å²) in [5, 5.41) is 6.49. The molecule has 0 saturated carbocycles. The maximum Gasteiger partial charge on any atom is 0.142 e. The molecule has 0 bridgehead atoms. The third-order valence-electron chi connectivity index (χ3n) is 3.47. The minimum atomic E-state index is 0.649. The van der Waals surface area contributed by atoms with E-state index in [2.05, 4.69) is 20.6 Å². The molecule has 0 amide bonds. The van der Waals surface area contributed by atoms with Gasteiger partial charge in [0.25, 0.3) is 0 Å². The molecule has 0 aliphatic rings. The Bertz CT molecular complexity index is 822. The summed E-state index contributed by atoms with van der Waals surface area (Å²) in [4.78, 5) is 8.51. The lowest BCUT2D eigenvalue weighted by molar-refractivity contribution is 0.340. The van der Waals surface area contributed by atoms with Crippen LogP contribution in [0.5, 0.6) is 11.5 Å². The number of nitrogens with one attached hydrogen (secondary N) is 2. The number of aromatic nitrogens is 2. The summed E-state index contributed by atoms with van der Waals surface area (Å²) in [6.45, 7) is 2.61. The lowest BCUT2D eigenvalue weighted by atomic mass is 10.3. The van der Waals surface area contributed by atoms with E-state index >= 15 is 0 Å². The molecule has 128 valence electrons. The van der Waals surface area contributed by atoms with Gasteiger partial charge in [-0.25, -0.2) is 9.97 Å². The van der Waals surface area contributed by atoms with Crippen LogP contribution in [-0.2, 0) is 0 Å². The summed E-state index contributed by atoms with van der Waals surface area (Å²) in [5.41, 5.74) is 1.76. The van der Waals surface area contributed by atoms with E-state index in [1.54, 1.807) is 7.11 Å². The van der Waals surface area contributed by atoms with E-state index in [1.807, 2.05) is 61.5 Å². The molecule has 6 nitrogen and oxygen atoms in total. The molecular weight excluding hydrogens is 316 g/mol. The zero-order chi connectivity index (χ0) is 17.5. The van der Waals surface area contributed by atoms with Crippen LogP contribution in [0.4, 0.5) is 23.0 Å². The van der Waals surface area contributed by atoms with Crippen LogP contribution >= 0.6 is 0 Å². The predicted octanol–water partition coefficient (Wildman–Crippen LogP) is 4.37. The normalized spacial score (nSPS) is 10.2. The van der Waals surface area contributed by atoms with Crippen molar-refractivity contribution in [1.29, 1.82) is 0 Å². The van der Waals surface area contributed by atoms with E-state index in [-0.39, 0.29) is 0 Å². The molecule has 1 aromatic heterocycles. The molecule has 0 spiro atoms. The number of nitrogens with zero attached hydrogens (tertiary/aromatic N) is 2. The van der Waals surface area contributed by atoms with Gasteiger partial charge in [0.05, 0.1) is 19.4 Å². The molecule has 2 N–H and O–H groups in total. The van der Waals surface area contributed by atoms with Crippen LogP contribution in [0.3, 0.4) is 0 Å². The SMILES string of the molecule is CCOc1ccc(Nc2cc(Nc3ccccc3OC)ncn2)cc1. The van der Waals surface area contributed by atoms with Gasteiger partial charge in [0, 0.05) is 11.8 Å². The molecule has 3 rings (SSSR count). The van der Waals surface area contributed by atoms with Gasteiger partial charge in [-0.15, -0.1) is 0 Å². The molecule has 0 radical (unpaired) electrons. The molecule has 0 unspecified atom stereocenters. The third kappa shape index (κ3) is 4.38. The van der Waals surface area contributed by atoms with Crippen molar-refractivity contribution in [2.45, 2.75) is 6.92 Å². The van der Waals surface area contributed by atoms with Crippen LogP contribution < -0.4 is 20.1 Å². The fourth-order valence-electron chi connectivity index (χ4n) is 2.33. The number of benzene rings is 2. The van der Waals surface area contributed by atoms with Gasteiger partial charge >= 0.3 is 0 Å². The molecule has 0 atom stereocenters. The topological polar surface area (TPSA) is 68.3 Å². The van der Waals surface area contributed by atoms with Gasteiger partial charge in [0.1, 0.15) is 29.5 Å². The predicted molar refractivity (Wildman–Crippen MR) is 99.2 cm³/mol.